The number of nitrogens with zero attached hydrogens (tertiary/aromatic N) is 2. The van der Waals surface area contributed by atoms with Gasteiger partial charge < -0.3 is 20.1 Å². The average molecular weight is 555 g/mol. The summed E-state index contributed by atoms with van der Waals surface area (Å²) in [5, 5.41) is 4.67. The number of hydrogen-bond acceptors (Lipinski definition) is 5. The van der Waals surface area contributed by atoms with Crippen LogP contribution in [0.15, 0.2) is 66.3 Å². The van der Waals surface area contributed by atoms with Crippen molar-refractivity contribution in [1.29, 1.82) is 0 Å². The first-order valence-electron chi connectivity index (χ1n) is 12.6. The largest absolute Gasteiger partial charge is 0.366 e. The second kappa shape index (κ2) is 16.1. The van der Waals surface area contributed by atoms with Crippen molar-refractivity contribution in [1.82, 2.24) is 20.1 Å². The summed E-state index contributed by atoms with van der Waals surface area (Å²) in [6, 6.07) is 11.2. The van der Waals surface area contributed by atoms with Gasteiger partial charge in [0.25, 0.3) is 23.5 Å². The number of halogens is 1. The molecule has 0 saturated heterocycles. The number of ketones is 1. The highest BCUT2D eigenvalue weighted by Gasteiger charge is 2.24. The molecule has 0 aliphatic carbocycles. The Morgan fingerprint density at radius 1 is 1.03 bits per heavy atom. The van der Waals surface area contributed by atoms with E-state index in [0.717, 1.165) is 6.07 Å². The molecular formula is C29H35FN4O4S. The molecule has 2 aromatic rings. The minimum atomic E-state index is -0.911. The molecule has 2 rings (SSSR count). The average Bonchev–Trinajstić information content (AvgIpc) is 3.02. The van der Waals surface area contributed by atoms with Crippen LogP contribution in [-0.2, 0) is 4.79 Å². The highest BCUT2D eigenvalue weighted by atomic mass is 32.2. The van der Waals surface area contributed by atoms with Crippen molar-refractivity contribution < 1.29 is 23.6 Å². The second-order valence-corrected chi connectivity index (χ2v) is 9.55. The van der Waals surface area contributed by atoms with Crippen LogP contribution in [0.1, 0.15) is 50.5 Å². The Balaban J connectivity index is 2.15. The molecule has 0 spiro atoms. The number of rotatable bonds is 12. The number of Topliss-reactive ketones (excluding diaryl/α,β-unsaturated/α-hetero) is 1. The van der Waals surface area contributed by atoms with Gasteiger partial charge in [0, 0.05) is 62.5 Å². The number of nitrogens with one attached hydrogen (secondary N) is 2. The zero-order valence-corrected chi connectivity index (χ0v) is 23.5. The summed E-state index contributed by atoms with van der Waals surface area (Å²) in [6.07, 6.45) is 4.45. The van der Waals surface area contributed by atoms with Gasteiger partial charge in [-0.05, 0) is 56.0 Å². The zero-order valence-electron chi connectivity index (χ0n) is 22.7. The third-order valence-corrected chi connectivity index (χ3v) is 6.72. The summed E-state index contributed by atoms with van der Waals surface area (Å²) < 4.78 is 14.9. The molecule has 0 saturated carbocycles. The maximum absolute atomic E-state index is 14.9. The van der Waals surface area contributed by atoms with Crippen LogP contribution in [0.3, 0.4) is 0 Å². The molecule has 208 valence electrons. The van der Waals surface area contributed by atoms with Gasteiger partial charge in [0.1, 0.15) is 5.82 Å². The number of likely N-dealkylation sites (N-methyl/N-ethyl adjacent to an activating group) is 2. The van der Waals surface area contributed by atoms with Gasteiger partial charge in [-0.2, -0.15) is 0 Å². The van der Waals surface area contributed by atoms with Crippen molar-refractivity contribution in [2.24, 2.45) is 0 Å². The van der Waals surface area contributed by atoms with E-state index in [1.165, 1.54) is 37.3 Å². The summed E-state index contributed by atoms with van der Waals surface area (Å²) >= 11 is 1.55. The number of aromatic amines is 1. The van der Waals surface area contributed by atoms with Crippen LogP contribution >= 0.6 is 11.8 Å². The van der Waals surface area contributed by atoms with E-state index in [-0.39, 0.29) is 35.7 Å². The molecule has 0 atom stereocenters. The molecule has 1 aromatic heterocycles. The lowest BCUT2D eigenvalue weighted by molar-refractivity contribution is -0.125. The second-order valence-electron chi connectivity index (χ2n) is 8.53. The van der Waals surface area contributed by atoms with Gasteiger partial charge in [-0.25, -0.2) is 4.39 Å². The number of allylic oxidation sites excluding steroid dienone is 1. The predicted octanol–water partition coefficient (Wildman–Crippen LogP) is 4.39. The summed E-state index contributed by atoms with van der Waals surface area (Å²) in [6.45, 7) is 6.30. The third-order valence-electron chi connectivity index (χ3n) is 5.82. The van der Waals surface area contributed by atoms with Gasteiger partial charge in [0.15, 0.2) is 0 Å². The number of benzene rings is 1. The summed E-state index contributed by atoms with van der Waals surface area (Å²) in [5.74, 6) is -2.41. The van der Waals surface area contributed by atoms with E-state index in [1.54, 1.807) is 40.9 Å². The van der Waals surface area contributed by atoms with Gasteiger partial charge in [-0.15, -0.1) is 11.8 Å². The minimum absolute atomic E-state index is 0.0437. The van der Waals surface area contributed by atoms with E-state index < -0.39 is 23.4 Å². The van der Waals surface area contributed by atoms with Crippen molar-refractivity contribution in [2.75, 3.05) is 39.0 Å². The molecule has 0 radical (unpaired) electrons. The van der Waals surface area contributed by atoms with Crippen LogP contribution in [0, 0.1) is 12.7 Å². The van der Waals surface area contributed by atoms with Crippen molar-refractivity contribution in [3.63, 3.8) is 0 Å². The molecule has 1 heterocycles. The summed E-state index contributed by atoms with van der Waals surface area (Å²) in [7, 11) is 1.45. The maximum atomic E-state index is 14.9. The van der Waals surface area contributed by atoms with Crippen LogP contribution < -0.4 is 5.32 Å². The Bertz CT molecular complexity index is 1250. The fraction of sp³-hybridized carbons (Fsp3) is 0.310. The fourth-order valence-electron chi connectivity index (χ4n) is 3.48. The standard InChI is InChI=1S/C29H35FN4O4S/c1-5-17-39-18-14-32-27(36)23-12-13-25(30)21(3)24(20-31-19-23)26(35)29(38)33(4)15-16-34(6-2)28(37)22-10-8-7-9-11-22/h5,7-13,17,19-20,31H,6,14-16,18H2,1-4H3,(H,32,36)/b13-12?,17-5-,23-19?,24-20?,25-21?. The highest BCUT2D eigenvalue weighted by Crippen LogP contribution is 2.12. The fourth-order valence-corrected chi connectivity index (χ4v) is 4.03. The van der Waals surface area contributed by atoms with Gasteiger partial charge in [0.05, 0.1) is 5.56 Å². The lowest BCUT2D eigenvalue weighted by atomic mass is 10.1. The van der Waals surface area contributed by atoms with Gasteiger partial charge in [-0.1, -0.05) is 24.3 Å². The van der Waals surface area contributed by atoms with Crippen molar-refractivity contribution >= 4 is 35.3 Å². The minimum Gasteiger partial charge on any atom is -0.366 e. The quantitative estimate of drug-likeness (QED) is 0.230. The molecule has 0 bridgehead atoms. The molecule has 39 heavy (non-hydrogen) atoms. The first-order chi connectivity index (χ1) is 18.7. The number of aromatic nitrogens is 1. The number of H-pyrrole nitrogens is 1. The Morgan fingerprint density at radius 3 is 2.41 bits per heavy atom. The highest BCUT2D eigenvalue weighted by molar-refractivity contribution is 8.02. The molecule has 2 N–H and O–H groups in total. The van der Waals surface area contributed by atoms with E-state index in [4.69, 9.17) is 0 Å². The number of thioether (sulfide) groups is 1. The Labute approximate surface area is 233 Å². The third kappa shape index (κ3) is 9.40. The van der Waals surface area contributed by atoms with Gasteiger partial charge >= 0.3 is 0 Å². The van der Waals surface area contributed by atoms with Crippen molar-refractivity contribution in [3.8, 4) is 0 Å². The normalized spacial score (nSPS) is 10.6. The number of amides is 3. The maximum Gasteiger partial charge on any atom is 0.294 e. The first kappa shape index (κ1) is 31.3. The van der Waals surface area contributed by atoms with Gasteiger partial charge in [0.2, 0.25) is 0 Å². The molecule has 3 amide bonds. The molecule has 0 fully saturated rings. The van der Waals surface area contributed by atoms with Gasteiger partial charge in [-0.3, -0.25) is 19.2 Å². The van der Waals surface area contributed by atoms with E-state index in [0.29, 0.717) is 24.4 Å². The number of carbonyl (C=O) groups is 4. The molecule has 0 aliphatic rings. The Kier molecular flexibility index (Phi) is 12.9. The molecule has 1 aromatic carbocycles. The Morgan fingerprint density at radius 2 is 1.74 bits per heavy atom. The van der Waals surface area contributed by atoms with Crippen LogP contribution in [0.4, 0.5) is 4.39 Å². The lowest BCUT2D eigenvalue weighted by Gasteiger charge is -2.24. The van der Waals surface area contributed by atoms with Crippen LogP contribution in [0.2, 0.25) is 0 Å². The van der Waals surface area contributed by atoms with E-state index >= 15 is 0 Å². The zero-order chi connectivity index (χ0) is 28.8. The monoisotopic (exact) mass is 554 g/mol. The predicted molar refractivity (Wildman–Crippen MR) is 153 cm³/mol. The molecule has 10 heteroatoms. The van der Waals surface area contributed by atoms with E-state index in [2.05, 4.69) is 10.3 Å². The van der Waals surface area contributed by atoms with Crippen molar-refractivity contribution in [3.05, 3.63) is 94.4 Å². The van der Waals surface area contributed by atoms with E-state index in [1.807, 2.05) is 31.4 Å². The number of hydrogen-bond donors (Lipinski definition) is 2. The van der Waals surface area contributed by atoms with Crippen molar-refractivity contribution in [2.45, 2.75) is 20.8 Å². The summed E-state index contributed by atoms with van der Waals surface area (Å²) in [5.41, 5.74) is 0.481. The molecular weight excluding hydrogens is 519 g/mol. The number of carbonyl (C=O) groups excluding carboxylic acids is 4. The molecule has 8 nitrogen and oxygen atoms in total. The van der Waals surface area contributed by atoms with Crippen LogP contribution in [0.5, 0.6) is 0 Å². The van der Waals surface area contributed by atoms with Crippen LogP contribution in [-0.4, -0.2) is 77.3 Å². The molecule has 0 aliphatic heterocycles. The van der Waals surface area contributed by atoms with E-state index in [9.17, 15) is 23.6 Å². The summed E-state index contributed by atoms with van der Waals surface area (Å²) in [4.78, 5) is 56.8. The lowest BCUT2D eigenvalue weighted by Crippen LogP contribution is -2.41. The SMILES string of the molecule is C/C=C\SCCNC(=O)c1ccc(F)c(C)c(C(=O)C(=O)N(C)CCN(CC)C(=O)c2ccccc2)c[nH]c1. The first-order valence-corrected chi connectivity index (χ1v) is 13.6. The molecule has 0 unspecified atom stereocenters. The Hall–Kier alpha value is -3.92. The van der Waals surface area contributed by atoms with Crippen LogP contribution in [0.25, 0.3) is 0 Å². The topological polar surface area (TPSA) is 103 Å². The smallest absolute Gasteiger partial charge is 0.294 e.